The first-order chi connectivity index (χ1) is 16.6. The summed E-state index contributed by atoms with van der Waals surface area (Å²) in [6.07, 6.45) is 8.84. The first kappa shape index (κ1) is 23.7. The Bertz CT molecular complexity index is 1290. The first-order valence-electron chi connectivity index (χ1n) is 11.9. The number of aromatic nitrogens is 1. The Morgan fingerprint density at radius 1 is 1.24 bits per heavy atom. The van der Waals surface area contributed by atoms with Crippen molar-refractivity contribution < 1.29 is 12.0 Å². The standard InChI is InChI=1S/C29H30FN3O.2H2/c1-3-25(34)19-33-24-12-6-20(17-24)5-7-23(18-31-4-2)21-8-10-22(11-9-21)26-13-14-28-27(29(26)30)15-16-32-28;;/h4,8-11,13-16,18,20,24,32-33H,3,6,12,17,19H2,1-2H3;2*1H/b23-18+,31-4?;;/t20-,24+;;/m1../s1. The molecule has 0 amide bonds. The van der Waals surface area contributed by atoms with E-state index in [1.54, 1.807) is 30.7 Å². The minimum absolute atomic E-state index is 0. The van der Waals surface area contributed by atoms with E-state index in [9.17, 15) is 9.18 Å². The van der Waals surface area contributed by atoms with Crippen LogP contribution in [-0.4, -0.2) is 29.6 Å². The number of nitrogens with one attached hydrogen (secondary N) is 2. The number of halogens is 1. The molecule has 1 aliphatic rings. The van der Waals surface area contributed by atoms with E-state index in [0.717, 1.165) is 41.5 Å². The van der Waals surface area contributed by atoms with E-state index in [1.807, 2.05) is 44.2 Å². The summed E-state index contributed by atoms with van der Waals surface area (Å²) in [5.74, 6) is 7.06. The number of fused-ring (bicyclic) bond motifs is 1. The number of ketones is 1. The van der Waals surface area contributed by atoms with Crippen LogP contribution in [0.5, 0.6) is 0 Å². The second-order valence-electron chi connectivity index (χ2n) is 8.64. The summed E-state index contributed by atoms with van der Waals surface area (Å²) >= 11 is 0. The van der Waals surface area contributed by atoms with E-state index >= 15 is 0 Å². The van der Waals surface area contributed by atoms with E-state index in [4.69, 9.17) is 0 Å². The predicted octanol–water partition coefficient (Wildman–Crippen LogP) is 6.64. The van der Waals surface area contributed by atoms with Crippen LogP contribution in [0.4, 0.5) is 4.39 Å². The summed E-state index contributed by atoms with van der Waals surface area (Å²) in [7, 11) is 0. The molecule has 0 radical (unpaired) electrons. The van der Waals surface area contributed by atoms with E-state index < -0.39 is 0 Å². The molecule has 178 valence electrons. The lowest BCUT2D eigenvalue weighted by molar-refractivity contribution is -0.118. The number of hydrogen-bond donors (Lipinski definition) is 2. The fourth-order valence-corrected chi connectivity index (χ4v) is 4.34. The van der Waals surface area contributed by atoms with Crippen LogP contribution in [0, 0.1) is 23.6 Å². The van der Waals surface area contributed by atoms with Crippen molar-refractivity contribution in [1.29, 1.82) is 0 Å². The van der Waals surface area contributed by atoms with Gasteiger partial charge in [-0.25, -0.2) is 4.39 Å². The number of allylic oxidation sites excluding steroid dienone is 1. The average Bonchev–Trinajstić information content (AvgIpc) is 3.53. The summed E-state index contributed by atoms with van der Waals surface area (Å²) in [5.41, 5.74) is 3.97. The molecule has 2 aromatic carbocycles. The summed E-state index contributed by atoms with van der Waals surface area (Å²) in [4.78, 5) is 18.9. The number of aliphatic imine (C=N–C) groups is 1. The van der Waals surface area contributed by atoms with Crippen LogP contribution in [0.25, 0.3) is 27.6 Å². The monoisotopic (exact) mass is 459 g/mol. The zero-order valence-electron chi connectivity index (χ0n) is 19.7. The van der Waals surface area contributed by atoms with Gasteiger partial charge in [0.2, 0.25) is 0 Å². The minimum atomic E-state index is -0.220. The highest BCUT2D eigenvalue weighted by Crippen LogP contribution is 2.30. The number of H-pyrrole nitrogens is 1. The molecule has 0 spiro atoms. The Morgan fingerprint density at radius 3 is 2.82 bits per heavy atom. The van der Waals surface area contributed by atoms with Crippen LogP contribution in [0.15, 0.2) is 59.9 Å². The van der Waals surface area contributed by atoms with E-state index in [0.29, 0.717) is 35.9 Å². The second kappa shape index (κ2) is 11.1. The Labute approximate surface area is 203 Å². The lowest BCUT2D eigenvalue weighted by atomic mass is 9.99. The van der Waals surface area contributed by atoms with Crippen molar-refractivity contribution in [3.63, 3.8) is 0 Å². The molecule has 5 heteroatoms. The molecule has 2 atom stereocenters. The van der Waals surface area contributed by atoms with Crippen molar-refractivity contribution in [2.45, 2.75) is 45.6 Å². The van der Waals surface area contributed by atoms with Gasteiger partial charge in [-0.05, 0) is 55.5 Å². The van der Waals surface area contributed by atoms with Crippen molar-refractivity contribution in [3.8, 4) is 23.0 Å². The molecule has 0 bridgehead atoms. The Balaban J connectivity index is 0.00000228. The molecule has 1 aromatic heterocycles. The molecule has 3 aromatic rings. The first-order valence-corrected chi connectivity index (χ1v) is 11.9. The number of carbonyl (C=O) groups is 1. The molecule has 0 aliphatic heterocycles. The lowest BCUT2D eigenvalue weighted by Gasteiger charge is -2.10. The molecule has 34 heavy (non-hydrogen) atoms. The van der Waals surface area contributed by atoms with Crippen LogP contribution >= 0.6 is 0 Å². The van der Waals surface area contributed by atoms with E-state index in [2.05, 4.69) is 27.1 Å². The third-order valence-electron chi connectivity index (χ3n) is 6.35. The highest BCUT2D eigenvalue weighted by Gasteiger charge is 2.23. The van der Waals surface area contributed by atoms with Gasteiger partial charge in [0.1, 0.15) is 11.6 Å². The van der Waals surface area contributed by atoms with Crippen molar-refractivity contribution in [3.05, 3.63) is 66.2 Å². The normalized spacial score (nSPS) is 18.4. The fourth-order valence-electron chi connectivity index (χ4n) is 4.34. The van der Waals surface area contributed by atoms with Crippen molar-refractivity contribution in [2.24, 2.45) is 10.9 Å². The lowest BCUT2D eigenvalue weighted by Crippen LogP contribution is -2.31. The summed E-state index contributed by atoms with van der Waals surface area (Å²) in [6, 6.07) is 13.6. The number of Topliss-reactive ketones (excluding diaryl/α,β-unsaturated/α-hetero) is 1. The maximum atomic E-state index is 15.0. The number of aromatic amines is 1. The minimum Gasteiger partial charge on any atom is -0.361 e. The molecule has 1 heterocycles. The fraction of sp³-hybridized carbons (Fsp3) is 0.310. The maximum absolute atomic E-state index is 15.0. The van der Waals surface area contributed by atoms with Gasteiger partial charge in [-0.3, -0.25) is 9.79 Å². The molecule has 4 rings (SSSR count). The van der Waals surface area contributed by atoms with Gasteiger partial charge < -0.3 is 10.3 Å². The Kier molecular flexibility index (Phi) is 7.72. The SMILES string of the molecule is CC=N/C=C(\C#C[C@@H]1CC[C@H](NCC(=O)CC)C1)c1ccc(-c2ccc3[nH]ccc3c2F)cc1.[HH].[HH]. The zero-order valence-corrected chi connectivity index (χ0v) is 19.7. The van der Waals surface area contributed by atoms with Gasteiger partial charge in [0.15, 0.2) is 0 Å². The van der Waals surface area contributed by atoms with Crippen molar-refractivity contribution >= 4 is 28.5 Å². The molecule has 1 saturated carbocycles. The molecule has 0 unspecified atom stereocenters. The highest BCUT2D eigenvalue weighted by molar-refractivity contribution is 5.87. The molecular weight excluding hydrogens is 425 g/mol. The molecule has 1 fully saturated rings. The molecule has 0 saturated heterocycles. The quantitative estimate of drug-likeness (QED) is 0.307. The number of carbonyl (C=O) groups excluding carboxylic acids is 1. The molecule has 1 aliphatic carbocycles. The summed E-state index contributed by atoms with van der Waals surface area (Å²) < 4.78 is 15.0. The molecule has 4 nitrogen and oxygen atoms in total. The van der Waals surface area contributed by atoms with Gasteiger partial charge in [0, 0.05) is 61.9 Å². The van der Waals surface area contributed by atoms with Crippen molar-refractivity contribution in [2.75, 3.05) is 6.54 Å². The number of rotatable bonds is 7. The van der Waals surface area contributed by atoms with Gasteiger partial charge >= 0.3 is 0 Å². The van der Waals surface area contributed by atoms with Crippen LogP contribution in [0.1, 0.15) is 47.9 Å². The molecular formula is C29H34FN3O. The number of hydrogen-bond acceptors (Lipinski definition) is 3. The summed E-state index contributed by atoms with van der Waals surface area (Å²) in [6.45, 7) is 4.21. The third kappa shape index (κ3) is 5.52. The highest BCUT2D eigenvalue weighted by atomic mass is 19.1. The van der Waals surface area contributed by atoms with E-state index in [1.165, 1.54) is 0 Å². The smallest absolute Gasteiger partial charge is 0.146 e. The predicted molar refractivity (Wildman–Crippen MR) is 142 cm³/mol. The topological polar surface area (TPSA) is 57.2 Å². The summed E-state index contributed by atoms with van der Waals surface area (Å²) in [5, 5.41) is 3.95. The average molecular weight is 460 g/mol. The third-order valence-corrected chi connectivity index (χ3v) is 6.35. The van der Waals surface area contributed by atoms with Gasteiger partial charge in [-0.1, -0.05) is 43.0 Å². The van der Waals surface area contributed by atoms with E-state index in [-0.39, 0.29) is 14.5 Å². The molecule has 2 N–H and O–H groups in total. The van der Waals surface area contributed by atoms with Crippen LogP contribution in [0.3, 0.4) is 0 Å². The van der Waals surface area contributed by atoms with Crippen LogP contribution in [0.2, 0.25) is 0 Å². The van der Waals surface area contributed by atoms with Gasteiger partial charge in [-0.15, -0.1) is 0 Å². The number of benzene rings is 2. The Morgan fingerprint density at radius 2 is 2.06 bits per heavy atom. The van der Waals surface area contributed by atoms with Gasteiger partial charge in [-0.2, -0.15) is 0 Å². The second-order valence-corrected chi connectivity index (χ2v) is 8.64. The van der Waals surface area contributed by atoms with Crippen molar-refractivity contribution in [1.82, 2.24) is 10.3 Å². The van der Waals surface area contributed by atoms with Gasteiger partial charge in [0.05, 0.1) is 6.54 Å². The van der Waals surface area contributed by atoms with Crippen LogP contribution in [-0.2, 0) is 4.79 Å². The maximum Gasteiger partial charge on any atom is 0.146 e. The Hall–Kier alpha value is -3.49. The number of nitrogens with zero attached hydrogens (tertiary/aromatic N) is 1. The van der Waals surface area contributed by atoms with Crippen LogP contribution < -0.4 is 5.32 Å². The largest absolute Gasteiger partial charge is 0.361 e. The van der Waals surface area contributed by atoms with Gasteiger partial charge in [0.25, 0.3) is 0 Å². The zero-order chi connectivity index (χ0) is 23.9.